The van der Waals surface area contributed by atoms with E-state index in [0.717, 1.165) is 18.9 Å². The summed E-state index contributed by atoms with van der Waals surface area (Å²) in [5, 5.41) is 12.2. The van der Waals surface area contributed by atoms with Crippen molar-refractivity contribution < 1.29 is 23.0 Å². The van der Waals surface area contributed by atoms with Crippen LogP contribution in [0.2, 0.25) is 5.02 Å². The summed E-state index contributed by atoms with van der Waals surface area (Å²) in [4.78, 5) is 0. The molecule has 0 bridgehead atoms. The van der Waals surface area contributed by atoms with Crippen molar-refractivity contribution >= 4 is 17.3 Å². The van der Waals surface area contributed by atoms with Crippen LogP contribution >= 0.6 is 11.6 Å². The van der Waals surface area contributed by atoms with Crippen LogP contribution in [-0.2, 0) is 10.9 Å². The highest BCUT2D eigenvalue weighted by Gasteiger charge is 2.34. The first-order valence-corrected chi connectivity index (χ1v) is 7.09. The number of halogens is 4. The van der Waals surface area contributed by atoms with Crippen LogP contribution in [0.5, 0.6) is 0 Å². The zero-order chi connectivity index (χ0) is 15.9. The molecule has 0 saturated heterocycles. The minimum Gasteiger partial charge on any atom is -0.389 e. The molecular formula is C14H19ClF3NO2. The molecular weight excluding hydrogens is 307 g/mol. The summed E-state index contributed by atoms with van der Waals surface area (Å²) in [5.74, 6) is 0. The first-order chi connectivity index (χ1) is 9.86. The van der Waals surface area contributed by atoms with Crippen molar-refractivity contribution in [3.8, 4) is 0 Å². The number of rotatable bonds is 8. The third-order valence-electron chi connectivity index (χ3n) is 2.79. The van der Waals surface area contributed by atoms with Crippen molar-refractivity contribution in [2.75, 3.05) is 25.1 Å². The van der Waals surface area contributed by atoms with Gasteiger partial charge in [-0.2, -0.15) is 13.2 Å². The second kappa shape index (κ2) is 8.46. The monoisotopic (exact) mass is 325 g/mol. The van der Waals surface area contributed by atoms with Gasteiger partial charge in [-0.25, -0.2) is 0 Å². The van der Waals surface area contributed by atoms with Gasteiger partial charge in [0.15, 0.2) is 0 Å². The molecule has 0 aliphatic heterocycles. The molecule has 1 rings (SSSR count). The normalized spacial score (nSPS) is 13.2. The fourth-order valence-electron chi connectivity index (χ4n) is 1.68. The number of nitrogens with one attached hydrogen (secondary N) is 1. The van der Waals surface area contributed by atoms with E-state index in [1.54, 1.807) is 0 Å². The van der Waals surface area contributed by atoms with Gasteiger partial charge < -0.3 is 15.2 Å². The van der Waals surface area contributed by atoms with Gasteiger partial charge >= 0.3 is 6.18 Å². The van der Waals surface area contributed by atoms with E-state index in [0.29, 0.717) is 6.61 Å². The zero-order valence-corrected chi connectivity index (χ0v) is 12.5. The molecule has 0 fully saturated rings. The predicted molar refractivity (Wildman–Crippen MR) is 76.7 cm³/mol. The number of anilines is 1. The van der Waals surface area contributed by atoms with Crippen molar-refractivity contribution in [1.29, 1.82) is 0 Å². The highest BCUT2D eigenvalue weighted by molar-refractivity contribution is 6.33. The van der Waals surface area contributed by atoms with Crippen LogP contribution in [0.1, 0.15) is 25.3 Å². The van der Waals surface area contributed by atoms with Gasteiger partial charge in [0.05, 0.1) is 29.0 Å². The van der Waals surface area contributed by atoms with E-state index in [1.165, 1.54) is 12.1 Å². The summed E-state index contributed by atoms with van der Waals surface area (Å²) in [6, 6.07) is 3.54. The highest BCUT2D eigenvalue weighted by atomic mass is 35.5. The largest absolute Gasteiger partial charge is 0.418 e. The van der Waals surface area contributed by atoms with E-state index in [2.05, 4.69) is 5.32 Å². The molecule has 0 aliphatic carbocycles. The summed E-state index contributed by atoms with van der Waals surface area (Å²) in [7, 11) is 0. The van der Waals surface area contributed by atoms with Crippen LogP contribution in [0.25, 0.3) is 0 Å². The smallest absolute Gasteiger partial charge is 0.389 e. The van der Waals surface area contributed by atoms with E-state index in [1.807, 2.05) is 6.92 Å². The molecule has 1 atom stereocenters. The molecule has 0 saturated carbocycles. The maximum atomic E-state index is 12.9. The maximum Gasteiger partial charge on any atom is 0.418 e. The van der Waals surface area contributed by atoms with E-state index in [-0.39, 0.29) is 23.9 Å². The van der Waals surface area contributed by atoms with Gasteiger partial charge in [0.1, 0.15) is 0 Å². The van der Waals surface area contributed by atoms with Gasteiger partial charge in [0.2, 0.25) is 0 Å². The lowest BCUT2D eigenvalue weighted by Gasteiger charge is -2.18. The summed E-state index contributed by atoms with van der Waals surface area (Å²) in [6.07, 6.45) is -3.55. The maximum absolute atomic E-state index is 12.9. The molecule has 120 valence electrons. The highest BCUT2D eigenvalue weighted by Crippen LogP contribution is 2.38. The van der Waals surface area contributed by atoms with Gasteiger partial charge in [-0.05, 0) is 18.6 Å². The Hall–Kier alpha value is -0.980. The van der Waals surface area contributed by atoms with Gasteiger partial charge in [-0.1, -0.05) is 31.0 Å². The van der Waals surface area contributed by atoms with Crippen molar-refractivity contribution in [2.24, 2.45) is 0 Å². The molecule has 2 N–H and O–H groups in total. The Morgan fingerprint density at radius 3 is 2.71 bits per heavy atom. The molecule has 0 aliphatic rings. The first kappa shape index (κ1) is 18.1. The number of aliphatic hydroxyl groups excluding tert-OH is 1. The summed E-state index contributed by atoms with van der Waals surface area (Å²) in [6.45, 7) is 2.53. The Bertz CT molecular complexity index is 441. The third kappa shape index (κ3) is 6.11. The Kier molecular flexibility index (Phi) is 7.28. The summed E-state index contributed by atoms with van der Waals surface area (Å²) >= 11 is 5.79. The van der Waals surface area contributed by atoms with E-state index in [9.17, 15) is 18.3 Å². The molecule has 0 spiro atoms. The lowest BCUT2D eigenvalue weighted by molar-refractivity contribution is -0.137. The number of benzene rings is 1. The first-order valence-electron chi connectivity index (χ1n) is 6.71. The number of hydrogen-bond acceptors (Lipinski definition) is 3. The van der Waals surface area contributed by atoms with Crippen LogP contribution in [0.4, 0.5) is 18.9 Å². The van der Waals surface area contributed by atoms with Crippen molar-refractivity contribution in [3.05, 3.63) is 28.8 Å². The quantitative estimate of drug-likeness (QED) is 0.711. The Balaban J connectivity index is 2.59. The van der Waals surface area contributed by atoms with Crippen molar-refractivity contribution in [3.63, 3.8) is 0 Å². The number of hydrogen-bond donors (Lipinski definition) is 2. The molecule has 1 aromatic rings. The van der Waals surface area contributed by atoms with Gasteiger partial charge in [0.25, 0.3) is 0 Å². The number of aliphatic hydroxyl groups is 1. The van der Waals surface area contributed by atoms with E-state index < -0.39 is 17.8 Å². The molecule has 21 heavy (non-hydrogen) atoms. The minimum atomic E-state index is -4.50. The van der Waals surface area contributed by atoms with Crippen LogP contribution in [0, 0.1) is 0 Å². The van der Waals surface area contributed by atoms with Crippen LogP contribution < -0.4 is 5.32 Å². The molecule has 0 heterocycles. The molecule has 1 aromatic carbocycles. The Labute approximate surface area is 127 Å². The average Bonchev–Trinajstić information content (AvgIpc) is 2.41. The second-order valence-corrected chi connectivity index (χ2v) is 5.03. The van der Waals surface area contributed by atoms with Crippen LogP contribution in [0.3, 0.4) is 0 Å². The SMILES string of the molecule is CCCCOCC(O)CNc1c(Cl)cccc1C(F)(F)F. The van der Waals surface area contributed by atoms with E-state index >= 15 is 0 Å². The Morgan fingerprint density at radius 1 is 1.38 bits per heavy atom. The van der Waals surface area contributed by atoms with Gasteiger partial charge in [-0.15, -0.1) is 0 Å². The lowest BCUT2D eigenvalue weighted by Crippen LogP contribution is -2.26. The Morgan fingerprint density at radius 2 is 2.10 bits per heavy atom. The molecule has 1 unspecified atom stereocenters. The van der Waals surface area contributed by atoms with Crippen molar-refractivity contribution in [2.45, 2.75) is 32.0 Å². The second-order valence-electron chi connectivity index (χ2n) is 4.62. The predicted octanol–water partition coefficient (Wildman–Crippen LogP) is 3.95. The molecule has 7 heteroatoms. The molecule has 0 radical (unpaired) electrons. The number of unbranched alkanes of at least 4 members (excludes halogenated alkanes) is 1. The van der Waals surface area contributed by atoms with Crippen LogP contribution in [-0.4, -0.2) is 31.0 Å². The topological polar surface area (TPSA) is 41.5 Å². The summed E-state index contributed by atoms with van der Waals surface area (Å²) < 4.78 is 43.8. The minimum absolute atomic E-state index is 0.0380. The molecule has 0 aromatic heterocycles. The molecule has 3 nitrogen and oxygen atoms in total. The van der Waals surface area contributed by atoms with Gasteiger partial charge in [-0.3, -0.25) is 0 Å². The third-order valence-corrected chi connectivity index (χ3v) is 3.10. The van der Waals surface area contributed by atoms with Gasteiger partial charge in [0, 0.05) is 13.2 Å². The fraction of sp³-hybridized carbons (Fsp3) is 0.571. The van der Waals surface area contributed by atoms with E-state index in [4.69, 9.17) is 16.3 Å². The number of ether oxygens (including phenoxy) is 1. The average molecular weight is 326 g/mol. The zero-order valence-electron chi connectivity index (χ0n) is 11.7. The van der Waals surface area contributed by atoms with Crippen molar-refractivity contribution in [1.82, 2.24) is 0 Å². The summed E-state index contributed by atoms with van der Waals surface area (Å²) in [5.41, 5.74) is -1.08. The number of para-hydroxylation sites is 1. The standard InChI is InChI=1S/C14H19ClF3NO2/c1-2-3-7-21-9-10(20)8-19-13-11(14(16,17)18)5-4-6-12(13)15/h4-6,10,19-20H,2-3,7-9H2,1H3. The molecule has 0 amide bonds. The number of alkyl halides is 3. The lowest BCUT2D eigenvalue weighted by atomic mass is 10.1. The van der Waals surface area contributed by atoms with Crippen LogP contribution in [0.15, 0.2) is 18.2 Å². The fourth-order valence-corrected chi connectivity index (χ4v) is 1.93.